The van der Waals surface area contributed by atoms with Crippen LogP contribution in [0.5, 0.6) is 0 Å². The molecule has 0 fully saturated rings. The Balaban J connectivity index is 1.96. The quantitative estimate of drug-likeness (QED) is 0.697. The van der Waals surface area contributed by atoms with Crippen molar-refractivity contribution in [2.45, 2.75) is 19.4 Å². The van der Waals surface area contributed by atoms with Crippen molar-refractivity contribution in [3.8, 4) is 22.5 Å². The van der Waals surface area contributed by atoms with Crippen molar-refractivity contribution in [3.05, 3.63) is 65.4 Å². The van der Waals surface area contributed by atoms with E-state index in [0.717, 1.165) is 28.1 Å². The fraction of sp³-hybridized carbons (Fsp3) is 0.158. The highest BCUT2D eigenvalue weighted by molar-refractivity contribution is 6.30. The lowest BCUT2D eigenvalue weighted by Crippen LogP contribution is -2.15. The summed E-state index contributed by atoms with van der Waals surface area (Å²) in [6, 6.07) is 15.4. The maximum atomic E-state index is 12.5. The van der Waals surface area contributed by atoms with Gasteiger partial charge in [0.25, 0.3) is 0 Å². The summed E-state index contributed by atoms with van der Waals surface area (Å²) in [4.78, 5) is 17.0. The number of imidazole rings is 1. The van der Waals surface area contributed by atoms with Gasteiger partial charge in [-0.2, -0.15) is 0 Å². The summed E-state index contributed by atoms with van der Waals surface area (Å²) in [5.41, 5.74) is 4.96. The molecule has 114 valence electrons. The Labute approximate surface area is 139 Å². The van der Waals surface area contributed by atoms with E-state index in [1.165, 1.54) is 0 Å². The average molecular weight is 323 g/mol. The molecule has 0 radical (unpaired) electrons. The molecule has 1 atom stereocenters. The maximum absolute atomic E-state index is 12.5. The van der Waals surface area contributed by atoms with E-state index in [-0.39, 0.29) is 11.8 Å². The first-order chi connectivity index (χ1) is 11.2. The first-order valence-corrected chi connectivity index (χ1v) is 8.03. The largest absolute Gasteiger partial charge is 0.315 e. The van der Waals surface area contributed by atoms with Crippen molar-refractivity contribution in [1.82, 2.24) is 9.55 Å². The zero-order chi connectivity index (χ0) is 16.0. The number of rotatable bonds is 3. The molecule has 3 aromatic rings. The zero-order valence-corrected chi connectivity index (χ0v) is 13.4. The number of fused-ring (bicyclic) bond motifs is 3. The van der Waals surface area contributed by atoms with Crippen LogP contribution in [0.1, 0.15) is 24.9 Å². The van der Waals surface area contributed by atoms with E-state index in [1.807, 2.05) is 54.0 Å². The van der Waals surface area contributed by atoms with Crippen molar-refractivity contribution in [2.24, 2.45) is 0 Å². The molecule has 23 heavy (non-hydrogen) atoms. The Kier molecular flexibility index (Phi) is 3.31. The van der Waals surface area contributed by atoms with E-state index in [2.05, 4.69) is 11.1 Å². The van der Waals surface area contributed by atoms with Crippen molar-refractivity contribution >= 4 is 17.4 Å². The van der Waals surface area contributed by atoms with Crippen molar-refractivity contribution < 1.29 is 4.79 Å². The van der Waals surface area contributed by atoms with Gasteiger partial charge >= 0.3 is 0 Å². The minimum absolute atomic E-state index is 0.200. The van der Waals surface area contributed by atoms with Gasteiger partial charge in [-0.05, 0) is 17.7 Å². The number of Topliss-reactive ketones (excluding diaryl/α,β-unsaturated/α-hetero) is 1. The third-order valence-corrected chi connectivity index (χ3v) is 4.57. The van der Waals surface area contributed by atoms with Crippen molar-refractivity contribution in [1.29, 1.82) is 0 Å². The van der Waals surface area contributed by atoms with Crippen molar-refractivity contribution in [3.63, 3.8) is 0 Å². The molecule has 1 unspecified atom stereocenters. The number of carbonyl (C=O) groups excluding carboxylic acids is 1. The Morgan fingerprint density at radius 1 is 1.22 bits per heavy atom. The number of hydrogen-bond acceptors (Lipinski definition) is 2. The third kappa shape index (κ3) is 2.12. The van der Waals surface area contributed by atoms with Gasteiger partial charge in [-0.1, -0.05) is 54.9 Å². The number of benzene rings is 2. The van der Waals surface area contributed by atoms with E-state index in [9.17, 15) is 4.79 Å². The number of carbonyl (C=O) groups is 1. The molecule has 0 saturated carbocycles. The second kappa shape index (κ2) is 5.36. The van der Waals surface area contributed by atoms with Crippen LogP contribution in [0.2, 0.25) is 5.02 Å². The molecule has 2 heterocycles. The summed E-state index contributed by atoms with van der Waals surface area (Å²) in [6.07, 6.45) is 2.27. The molecule has 0 N–H and O–H groups in total. The summed E-state index contributed by atoms with van der Waals surface area (Å²) < 4.78 is 1.99. The molecule has 1 aliphatic rings. The van der Waals surface area contributed by atoms with E-state index < -0.39 is 0 Å². The molecular weight excluding hydrogens is 308 g/mol. The molecule has 4 rings (SSSR count). The average Bonchev–Trinajstić information content (AvgIpc) is 3.12. The molecule has 0 spiro atoms. The highest BCUT2D eigenvalue weighted by atomic mass is 35.5. The molecule has 0 saturated heterocycles. The van der Waals surface area contributed by atoms with Crippen LogP contribution in [0.15, 0.2) is 54.9 Å². The summed E-state index contributed by atoms with van der Waals surface area (Å²) in [5.74, 6) is 0.200. The molecule has 0 aliphatic carbocycles. The van der Waals surface area contributed by atoms with Gasteiger partial charge in [-0.25, -0.2) is 4.98 Å². The Bertz CT molecular complexity index is 913. The molecule has 4 heteroatoms. The maximum Gasteiger partial charge on any atom is 0.159 e. The van der Waals surface area contributed by atoms with E-state index in [0.29, 0.717) is 11.4 Å². The van der Waals surface area contributed by atoms with Crippen LogP contribution in [0.25, 0.3) is 22.5 Å². The number of halogens is 1. The van der Waals surface area contributed by atoms with Crippen LogP contribution < -0.4 is 0 Å². The lowest BCUT2D eigenvalue weighted by molar-refractivity contribution is -0.120. The Morgan fingerprint density at radius 2 is 2.04 bits per heavy atom. The van der Waals surface area contributed by atoms with E-state index in [1.54, 1.807) is 6.33 Å². The number of aromatic nitrogens is 2. The highest BCUT2D eigenvalue weighted by Crippen LogP contribution is 2.44. The van der Waals surface area contributed by atoms with Crippen LogP contribution in [-0.2, 0) is 4.79 Å². The minimum atomic E-state index is -0.272. The normalized spacial score (nSPS) is 15.3. The number of ketones is 1. The second-order valence-corrected chi connectivity index (χ2v) is 6.11. The molecule has 2 aromatic carbocycles. The van der Waals surface area contributed by atoms with Crippen LogP contribution in [0.4, 0.5) is 0 Å². The third-order valence-electron chi connectivity index (χ3n) is 4.33. The standard InChI is InChI=1S/C19H15ClN2O/c1-2-16(23)18-14-8-3-4-9-15(14)19-17(21-11-22(18)19)12-6-5-7-13(20)10-12/h3-11,18H,2H2,1H3. The zero-order valence-electron chi connectivity index (χ0n) is 12.7. The number of hydrogen-bond donors (Lipinski definition) is 0. The fourth-order valence-corrected chi connectivity index (χ4v) is 3.48. The highest BCUT2D eigenvalue weighted by Gasteiger charge is 2.34. The van der Waals surface area contributed by atoms with Crippen LogP contribution >= 0.6 is 11.6 Å². The Hall–Kier alpha value is -2.39. The predicted octanol–water partition coefficient (Wildman–Crippen LogP) is 4.75. The SMILES string of the molecule is CCC(=O)C1c2ccccc2-c2c(-c3cccc(Cl)c3)ncn21. The lowest BCUT2D eigenvalue weighted by atomic mass is 9.97. The summed E-state index contributed by atoms with van der Waals surface area (Å²) >= 11 is 6.13. The summed E-state index contributed by atoms with van der Waals surface area (Å²) in [7, 11) is 0. The fourth-order valence-electron chi connectivity index (χ4n) is 3.29. The summed E-state index contributed by atoms with van der Waals surface area (Å²) in [5, 5.41) is 0.678. The minimum Gasteiger partial charge on any atom is -0.315 e. The van der Waals surface area contributed by atoms with Gasteiger partial charge in [0.05, 0.1) is 17.7 Å². The Morgan fingerprint density at radius 3 is 2.83 bits per heavy atom. The van der Waals surface area contributed by atoms with Gasteiger partial charge in [0.2, 0.25) is 0 Å². The van der Waals surface area contributed by atoms with Gasteiger partial charge in [-0.15, -0.1) is 0 Å². The topological polar surface area (TPSA) is 34.9 Å². The second-order valence-electron chi connectivity index (χ2n) is 5.67. The van der Waals surface area contributed by atoms with Crippen LogP contribution in [0.3, 0.4) is 0 Å². The lowest BCUT2D eigenvalue weighted by Gasteiger charge is -2.11. The van der Waals surface area contributed by atoms with Crippen molar-refractivity contribution in [2.75, 3.05) is 0 Å². The van der Waals surface area contributed by atoms with Gasteiger partial charge in [0.1, 0.15) is 6.04 Å². The summed E-state index contributed by atoms with van der Waals surface area (Å²) in [6.45, 7) is 1.90. The van der Waals surface area contributed by atoms with E-state index in [4.69, 9.17) is 11.6 Å². The predicted molar refractivity (Wildman–Crippen MR) is 91.5 cm³/mol. The molecule has 1 aromatic heterocycles. The molecule has 0 amide bonds. The first kappa shape index (κ1) is 14.2. The monoisotopic (exact) mass is 322 g/mol. The molecule has 1 aliphatic heterocycles. The van der Waals surface area contributed by atoms with Crippen LogP contribution in [0, 0.1) is 0 Å². The van der Waals surface area contributed by atoms with Gasteiger partial charge in [0.15, 0.2) is 5.78 Å². The van der Waals surface area contributed by atoms with Gasteiger partial charge in [0, 0.05) is 22.6 Å². The van der Waals surface area contributed by atoms with Gasteiger partial charge < -0.3 is 4.57 Å². The number of nitrogens with zero attached hydrogens (tertiary/aromatic N) is 2. The van der Waals surface area contributed by atoms with Gasteiger partial charge in [-0.3, -0.25) is 4.79 Å². The first-order valence-electron chi connectivity index (χ1n) is 7.65. The van der Waals surface area contributed by atoms with E-state index >= 15 is 0 Å². The van der Waals surface area contributed by atoms with Crippen LogP contribution in [-0.4, -0.2) is 15.3 Å². The molecular formula is C19H15ClN2O. The molecule has 0 bridgehead atoms. The smallest absolute Gasteiger partial charge is 0.159 e. The molecule has 3 nitrogen and oxygen atoms in total.